The van der Waals surface area contributed by atoms with E-state index in [-0.39, 0.29) is 22.3 Å². The predicted molar refractivity (Wildman–Crippen MR) is 134 cm³/mol. The van der Waals surface area contributed by atoms with Crippen molar-refractivity contribution in [3.05, 3.63) is 64.7 Å². The summed E-state index contributed by atoms with van der Waals surface area (Å²) < 4.78 is 33.6. The standard InChI is InChI=1S/C26H36ClNO4S/c1-26(2,3)19-7-9-24(28-33(30,31)23-17-15-22(27)16-18-23)21-13-11-20(12-14-21)8-5-6-10-25(29)32-4/h11-18,24,28H,5-10,19H2,1-4H3. The third-order valence-electron chi connectivity index (χ3n) is 5.55. The normalized spacial score (nSPS) is 13.0. The van der Waals surface area contributed by atoms with Crippen LogP contribution in [0.4, 0.5) is 0 Å². The van der Waals surface area contributed by atoms with Gasteiger partial charge in [-0.15, -0.1) is 0 Å². The number of benzene rings is 2. The van der Waals surface area contributed by atoms with Gasteiger partial charge in [0.2, 0.25) is 10.0 Å². The second-order valence-electron chi connectivity index (χ2n) is 9.61. The second kappa shape index (κ2) is 12.5. The Morgan fingerprint density at radius 1 is 1.00 bits per heavy atom. The molecule has 0 aliphatic heterocycles. The number of halogens is 1. The van der Waals surface area contributed by atoms with Gasteiger partial charge in [-0.25, -0.2) is 13.1 Å². The van der Waals surface area contributed by atoms with E-state index in [4.69, 9.17) is 11.6 Å². The highest BCUT2D eigenvalue weighted by Gasteiger charge is 2.22. The Labute approximate surface area is 203 Å². The number of esters is 1. The molecule has 0 aliphatic carbocycles. The van der Waals surface area contributed by atoms with Crippen LogP contribution in [-0.4, -0.2) is 21.5 Å². The van der Waals surface area contributed by atoms with Crippen LogP contribution < -0.4 is 4.72 Å². The van der Waals surface area contributed by atoms with Gasteiger partial charge >= 0.3 is 5.97 Å². The third kappa shape index (κ3) is 9.86. The molecule has 182 valence electrons. The van der Waals surface area contributed by atoms with Gasteiger partial charge in [-0.1, -0.05) is 63.1 Å². The number of hydrogen-bond donors (Lipinski definition) is 1. The summed E-state index contributed by atoms with van der Waals surface area (Å²) in [5, 5.41) is 0.498. The van der Waals surface area contributed by atoms with Crippen molar-refractivity contribution in [2.45, 2.75) is 76.7 Å². The predicted octanol–water partition coefficient (Wildman–Crippen LogP) is 6.46. The first kappa shape index (κ1) is 27.4. The van der Waals surface area contributed by atoms with Gasteiger partial charge < -0.3 is 4.74 Å². The topological polar surface area (TPSA) is 72.5 Å². The molecule has 0 saturated heterocycles. The fourth-order valence-corrected chi connectivity index (χ4v) is 5.00. The fraction of sp³-hybridized carbons (Fsp3) is 0.500. The van der Waals surface area contributed by atoms with Crippen molar-refractivity contribution in [2.75, 3.05) is 7.11 Å². The highest BCUT2D eigenvalue weighted by Crippen LogP contribution is 2.28. The Morgan fingerprint density at radius 2 is 1.64 bits per heavy atom. The number of carbonyl (C=O) groups is 1. The maximum absolute atomic E-state index is 13.0. The summed E-state index contributed by atoms with van der Waals surface area (Å²) in [7, 11) is -2.28. The van der Waals surface area contributed by atoms with Crippen LogP contribution >= 0.6 is 11.6 Å². The quantitative estimate of drug-likeness (QED) is 0.272. The number of unbranched alkanes of at least 4 members (excludes halogenated alkanes) is 1. The van der Waals surface area contributed by atoms with Crippen molar-refractivity contribution in [2.24, 2.45) is 5.41 Å². The Morgan fingerprint density at radius 3 is 2.21 bits per heavy atom. The van der Waals surface area contributed by atoms with Gasteiger partial charge in [-0.2, -0.15) is 0 Å². The van der Waals surface area contributed by atoms with Crippen LogP contribution in [0.1, 0.15) is 76.5 Å². The lowest BCUT2D eigenvalue weighted by Gasteiger charge is -2.23. The molecule has 0 radical (unpaired) electrons. The molecular formula is C26H36ClNO4S. The number of nitrogens with one attached hydrogen (secondary N) is 1. The molecule has 0 bridgehead atoms. The van der Waals surface area contributed by atoms with Crippen LogP contribution in [-0.2, 0) is 26.0 Å². The van der Waals surface area contributed by atoms with Crippen molar-refractivity contribution in [1.82, 2.24) is 4.72 Å². The molecule has 0 saturated carbocycles. The van der Waals surface area contributed by atoms with E-state index < -0.39 is 10.0 Å². The Balaban J connectivity index is 2.10. The largest absolute Gasteiger partial charge is 0.469 e. The SMILES string of the molecule is COC(=O)CCCCc1ccc(C(CCCC(C)(C)C)NS(=O)(=O)c2ccc(Cl)cc2)cc1. The van der Waals surface area contributed by atoms with E-state index in [1.54, 1.807) is 12.1 Å². The number of hydrogen-bond acceptors (Lipinski definition) is 4. The molecule has 0 fully saturated rings. The molecule has 0 spiro atoms. The number of rotatable bonds is 12. The maximum Gasteiger partial charge on any atom is 0.305 e. The van der Waals surface area contributed by atoms with E-state index in [1.807, 2.05) is 24.3 Å². The Hall–Kier alpha value is -1.89. The minimum absolute atomic E-state index is 0.184. The van der Waals surface area contributed by atoms with Crippen LogP contribution in [0.3, 0.4) is 0 Å². The van der Waals surface area contributed by atoms with E-state index in [0.717, 1.165) is 43.2 Å². The van der Waals surface area contributed by atoms with Crippen molar-refractivity contribution >= 4 is 27.6 Å². The van der Waals surface area contributed by atoms with Crippen molar-refractivity contribution in [3.8, 4) is 0 Å². The summed E-state index contributed by atoms with van der Waals surface area (Å²) in [6.07, 6.45) is 5.59. The first-order valence-electron chi connectivity index (χ1n) is 11.4. The van der Waals surface area contributed by atoms with Crippen LogP contribution in [0.15, 0.2) is 53.4 Å². The molecule has 2 rings (SSSR count). The summed E-state index contributed by atoms with van der Waals surface area (Å²) in [6, 6.07) is 14.0. The van der Waals surface area contributed by atoms with E-state index in [2.05, 4.69) is 30.2 Å². The number of sulfonamides is 1. The lowest BCUT2D eigenvalue weighted by atomic mass is 9.88. The minimum atomic E-state index is -3.68. The van der Waals surface area contributed by atoms with Gasteiger partial charge in [-0.3, -0.25) is 4.79 Å². The maximum atomic E-state index is 13.0. The first-order valence-corrected chi connectivity index (χ1v) is 13.3. The summed E-state index contributed by atoms with van der Waals surface area (Å²) in [4.78, 5) is 11.4. The lowest BCUT2D eigenvalue weighted by Crippen LogP contribution is -2.29. The molecule has 0 heterocycles. The third-order valence-corrected chi connectivity index (χ3v) is 7.29. The van der Waals surface area contributed by atoms with Crippen LogP contribution in [0, 0.1) is 5.41 Å². The van der Waals surface area contributed by atoms with Gasteiger partial charge in [0, 0.05) is 17.5 Å². The molecule has 2 aromatic carbocycles. The number of ether oxygens (including phenoxy) is 1. The molecule has 7 heteroatoms. The van der Waals surface area contributed by atoms with Gasteiger partial charge in [-0.05, 0) is 72.9 Å². The smallest absolute Gasteiger partial charge is 0.305 e. The van der Waals surface area contributed by atoms with E-state index >= 15 is 0 Å². The summed E-state index contributed by atoms with van der Waals surface area (Å²) in [5.74, 6) is -0.184. The molecule has 1 unspecified atom stereocenters. The van der Waals surface area contributed by atoms with Gasteiger partial charge in [0.05, 0.1) is 12.0 Å². The molecule has 1 N–H and O–H groups in total. The molecule has 5 nitrogen and oxygen atoms in total. The first-order chi connectivity index (χ1) is 15.5. The highest BCUT2D eigenvalue weighted by atomic mass is 35.5. The molecule has 0 aliphatic rings. The zero-order chi connectivity index (χ0) is 24.5. The zero-order valence-corrected chi connectivity index (χ0v) is 21.6. The monoisotopic (exact) mass is 493 g/mol. The fourth-order valence-electron chi connectivity index (χ4n) is 3.62. The van der Waals surface area contributed by atoms with Crippen molar-refractivity contribution in [3.63, 3.8) is 0 Å². The second-order valence-corrected chi connectivity index (χ2v) is 11.8. The average Bonchev–Trinajstić information content (AvgIpc) is 2.75. The average molecular weight is 494 g/mol. The molecule has 0 amide bonds. The van der Waals surface area contributed by atoms with Crippen molar-refractivity contribution < 1.29 is 17.9 Å². The summed E-state index contributed by atoms with van der Waals surface area (Å²) in [5.41, 5.74) is 2.30. The lowest BCUT2D eigenvalue weighted by molar-refractivity contribution is -0.140. The van der Waals surface area contributed by atoms with Crippen molar-refractivity contribution in [1.29, 1.82) is 0 Å². The Bertz CT molecular complexity index is 980. The Kier molecular flexibility index (Phi) is 10.4. The molecule has 0 aromatic heterocycles. The summed E-state index contributed by atoms with van der Waals surface area (Å²) >= 11 is 5.92. The zero-order valence-electron chi connectivity index (χ0n) is 20.1. The van der Waals surface area contributed by atoms with Crippen LogP contribution in [0.2, 0.25) is 5.02 Å². The van der Waals surface area contributed by atoms with Gasteiger partial charge in [0.1, 0.15) is 0 Å². The molecule has 2 aromatic rings. The van der Waals surface area contributed by atoms with Crippen LogP contribution in [0.5, 0.6) is 0 Å². The minimum Gasteiger partial charge on any atom is -0.469 e. The van der Waals surface area contributed by atoms with E-state index in [9.17, 15) is 13.2 Å². The van der Waals surface area contributed by atoms with Crippen LogP contribution in [0.25, 0.3) is 0 Å². The van der Waals surface area contributed by atoms with E-state index in [0.29, 0.717) is 17.9 Å². The van der Waals surface area contributed by atoms with Gasteiger partial charge in [0.25, 0.3) is 0 Å². The van der Waals surface area contributed by atoms with Gasteiger partial charge in [0.15, 0.2) is 0 Å². The number of carbonyl (C=O) groups excluding carboxylic acids is 1. The number of methoxy groups -OCH3 is 1. The number of aryl methyl sites for hydroxylation is 1. The van der Waals surface area contributed by atoms with E-state index in [1.165, 1.54) is 19.2 Å². The summed E-state index contributed by atoms with van der Waals surface area (Å²) in [6.45, 7) is 6.57. The molecular weight excluding hydrogens is 458 g/mol. The molecule has 33 heavy (non-hydrogen) atoms. The highest BCUT2D eigenvalue weighted by molar-refractivity contribution is 7.89. The molecule has 1 atom stereocenters.